The Morgan fingerprint density at radius 1 is 1.37 bits per heavy atom. The maximum absolute atomic E-state index is 12.1. The van der Waals surface area contributed by atoms with E-state index >= 15 is 0 Å². The second kappa shape index (κ2) is 5.99. The van der Waals surface area contributed by atoms with Crippen molar-refractivity contribution in [2.75, 3.05) is 6.61 Å². The zero-order chi connectivity index (χ0) is 13.8. The third kappa shape index (κ3) is 3.03. The van der Waals surface area contributed by atoms with Crippen LogP contribution in [-0.4, -0.2) is 22.5 Å². The quantitative estimate of drug-likeness (QED) is 0.850. The summed E-state index contributed by atoms with van der Waals surface area (Å²) >= 11 is 0. The topological polar surface area (TPSA) is 72.0 Å². The molecular formula is C14H20N2O3. The summed E-state index contributed by atoms with van der Waals surface area (Å²) in [6.07, 6.45) is 5.44. The molecule has 1 heterocycles. The Morgan fingerprint density at radius 2 is 2.05 bits per heavy atom. The largest absolute Gasteiger partial charge is 0.462 e. The number of carbonyl (C=O) groups is 1. The van der Waals surface area contributed by atoms with Gasteiger partial charge in [-0.25, -0.2) is 9.59 Å². The predicted molar refractivity (Wildman–Crippen MR) is 71.4 cm³/mol. The Balaban J connectivity index is 2.44. The Labute approximate surface area is 112 Å². The average molecular weight is 264 g/mol. The summed E-state index contributed by atoms with van der Waals surface area (Å²) in [5.41, 5.74) is 1.25. The molecule has 0 atom stereocenters. The first-order valence-corrected chi connectivity index (χ1v) is 6.91. The number of esters is 1. The first-order valence-electron chi connectivity index (χ1n) is 6.91. The van der Waals surface area contributed by atoms with Crippen LogP contribution in [0.3, 0.4) is 0 Å². The van der Waals surface area contributed by atoms with E-state index in [1.54, 1.807) is 13.8 Å². The summed E-state index contributed by atoms with van der Waals surface area (Å²) in [6, 6.07) is 0. The Hall–Kier alpha value is -1.65. The summed E-state index contributed by atoms with van der Waals surface area (Å²) in [5.74, 6) is -0.182. The highest BCUT2D eigenvalue weighted by atomic mass is 16.5. The number of ether oxygens (including phenoxy) is 1. The van der Waals surface area contributed by atoms with E-state index in [2.05, 4.69) is 9.97 Å². The lowest BCUT2D eigenvalue weighted by atomic mass is 9.85. The van der Waals surface area contributed by atoms with E-state index in [4.69, 9.17) is 4.74 Å². The van der Waals surface area contributed by atoms with Gasteiger partial charge in [0.05, 0.1) is 12.3 Å². The minimum atomic E-state index is -0.385. The van der Waals surface area contributed by atoms with Gasteiger partial charge in [-0.2, -0.15) is 4.98 Å². The number of aromatic amines is 1. The standard InChI is InChI=1S/C14H20N2O3/c1-3-19-13(17)11-9(2)15-14(18)16-12(11)10-7-5-4-6-8-10/h10H,3-8H2,1-2H3,(H,15,16,18). The van der Waals surface area contributed by atoms with Crippen molar-refractivity contribution in [3.8, 4) is 0 Å². The van der Waals surface area contributed by atoms with Gasteiger partial charge in [0.25, 0.3) is 0 Å². The zero-order valence-electron chi connectivity index (χ0n) is 11.5. The van der Waals surface area contributed by atoms with E-state index in [0.29, 0.717) is 23.6 Å². The van der Waals surface area contributed by atoms with Crippen molar-refractivity contribution in [2.24, 2.45) is 0 Å². The fourth-order valence-electron chi connectivity index (χ4n) is 2.74. The second-order valence-corrected chi connectivity index (χ2v) is 4.98. The van der Waals surface area contributed by atoms with Crippen LogP contribution in [-0.2, 0) is 4.74 Å². The lowest BCUT2D eigenvalue weighted by Gasteiger charge is -2.23. The van der Waals surface area contributed by atoms with Gasteiger partial charge >= 0.3 is 11.7 Å². The van der Waals surface area contributed by atoms with Crippen molar-refractivity contribution >= 4 is 5.97 Å². The Bertz CT molecular complexity index is 516. The smallest absolute Gasteiger partial charge is 0.345 e. The third-order valence-electron chi connectivity index (χ3n) is 3.62. The number of hydrogen-bond donors (Lipinski definition) is 1. The molecule has 1 saturated carbocycles. The highest BCUT2D eigenvalue weighted by molar-refractivity contribution is 5.91. The number of aromatic nitrogens is 2. The first kappa shape index (κ1) is 13.8. The van der Waals surface area contributed by atoms with E-state index in [1.807, 2.05) is 0 Å². The van der Waals surface area contributed by atoms with Crippen LogP contribution in [0.1, 0.15) is 66.7 Å². The van der Waals surface area contributed by atoms with E-state index in [1.165, 1.54) is 6.42 Å². The van der Waals surface area contributed by atoms with Crippen LogP contribution in [0.25, 0.3) is 0 Å². The highest BCUT2D eigenvalue weighted by Gasteiger charge is 2.26. The number of hydrogen-bond acceptors (Lipinski definition) is 4. The van der Waals surface area contributed by atoms with E-state index < -0.39 is 0 Å². The number of nitrogens with zero attached hydrogens (tertiary/aromatic N) is 1. The van der Waals surface area contributed by atoms with Gasteiger partial charge in [0.15, 0.2) is 0 Å². The maximum atomic E-state index is 12.1. The van der Waals surface area contributed by atoms with E-state index in [0.717, 1.165) is 25.7 Å². The molecule has 5 heteroatoms. The molecule has 5 nitrogen and oxygen atoms in total. The minimum Gasteiger partial charge on any atom is -0.462 e. The highest BCUT2D eigenvalue weighted by Crippen LogP contribution is 2.33. The van der Waals surface area contributed by atoms with Crippen LogP contribution in [0, 0.1) is 6.92 Å². The maximum Gasteiger partial charge on any atom is 0.345 e. The molecule has 104 valence electrons. The van der Waals surface area contributed by atoms with Crippen LogP contribution in [0.5, 0.6) is 0 Å². The molecule has 0 radical (unpaired) electrons. The van der Waals surface area contributed by atoms with Crippen LogP contribution < -0.4 is 5.69 Å². The monoisotopic (exact) mass is 264 g/mol. The average Bonchev–Trinajstić information content (AvgIpc) is 2.39. The van der Waals surface area contributed by atoms with Crippen molar-refractivity contribution in [2.45, 2.75) is 51.9 Å². The van der Waals surface area contributed by atoms with Gasteiger partial charge < -0.3 is 9.72 Å². The molecule has 2 rings (SSSR count). The molecular weight excluding hydrogens is 244 g/mol. The minimum absolute atomic E-state index is 0.203. The number of aryl methyl sites for hydroxylation is 1. The van der Waals surface area contributed by atoms with E-state index in [9.17, 15) is 9.59 Å². The molecule has 0 unspecified atom stereocenters. The van der Waals surface area contributed by atoms with Gasteiger partial charge in [0, 0.05) is 11.6 Å². The number of nitrogens with one attached hydrogen (secondary N) is 1. The van der Waals surface area contributed by atoms with Crippen LogP contribution in [0.15, 0.2) is 4.79 Å². The summed E-state index contributed by atoms with van der Waals surface area (Å²) in [7, 11) is 0. The van der Waals surface area contributed by atoms with Crippen LogP contribution >= 0.6 is 0 Å². The van der Waals surface area contributed by atoms with Gasteiger partial charge in [0.2, 0.25) is 0 Å². The fourth-order valence-corrected chi connectivity index (χ4v) is 2.74. The molecule has 1 aliphatic rings. The summed E-state index contributed by atoms with van der Waals surface area (Å²) in [4.78, 5) is 30.3. The number of rotatable bonds is 3. The molecule has 0 amide bonds. The molecule has 1 N–H and O–H groups in total. The summed E-state index contributed by atoms with van der Waals surface area (Å²) in [6.45, 7) is 3.82. The molecule has 19 heavy (non-hydrogen) atoms. The lowest BCUT2D eigenvalue weighted by molar-refractivity contribution is 0.0521. The molecule has 0 aromatic carbocycles. The van der Waals surface area contributed by atoms with Crippen LogP contribution in [0.4, 0.5) is 0 Å². The normalized spacial score (nSPS) is 16.3. The van der Waals surface area contributed by atoms with Crippen LogP contribution in [0.2, 0.25) is 0 Å². The lowest BCUT2D eigenvalue weighted by Crippen LogP contribution is -2.24. The molecule has 1 fully saturated rings. The molecule has 0 aliphatic heterocycles. The van der Waals surface area contributed by atoms with E-state index in [-0.39, 0.29) is 17.6 Å². The molecule has 0 saturated heterocycles. The number of carbonyl (C=O) groups excluding carboxylic acids is 1. The first-order chi connectivity index (χ1) is 9.13. The Kier molecular flexibility index (Phi) is 4.35. The summed E-state index contributed by atoms with van der Waals surface area (Å²) in [5, 5.41) is 0. The van der Waals surface area contributed by atoms with Gasteiger partial charge in [-0.1, -0.05) is 19.3 Å². The molecule has 1 aromatic heterocycles. The predicted octanol–water partition coefficient (Wildman–Crippen LogP) is 2.30. The van der Waals surface area contributed by atoms with Crippen molar-refractivity contribution in [3.63, 3.8) is 0 Å². The number of H-pyrrole nitrogens is 1. The third-order valence-corrected chi connectivity index (χ3v) is 3.62. The molecule has 0 bridgehead atoms. The van der Waals surface area contributed by atoms with Gasteiger partial charge in [-0.3, -0.25) is 0 Å². The molecule has 1 aromatic rings. The van der Waals surface area contributed by atoms with Crippen molar-refractivity contribution in [3.05, 3.63) is 27.4 Å². The molecule has 0 spiro atoms. The second-order valence-electron chi connectivity index (χ2n) is 4.98. The van der Waals surface area contributed by atoms with Crippen molar-refractivity contribution in [1.82, 2.24) is 9.97 Å². The van der Waals surface area contributed by atoms with Crippen molar-refractivity contribution < 1.29 is 9.53 Å². The van der Waals surface area contributed by atoms with Gasteiger partial charge in [-0.05, 0) is 26.7 Å². The Morgan fingerprint density at radius 3 is 2.68 bits per heavy atom. The van der Waals surface area contributed by atoms with Gasteiger partial charge in [-0.15, -0.1) is 0 Å². The molecule has 1 aliphatic carbocycles. The summed E-state index contributed by atoms with van der Waals surface area (Å²) < 4.78 is 5.08. The SMILES string of the molecule is CCOC(=O)c1c(C2CCCCC2)nc(=O)[nH]c1C. The van der Waals surface area contributed by atoms with Gasteiger partial charge in [0.1, 0.15) is 5.56 Å². The fraction of sp³-hybridized carbons (Fsp3) is 0.643. The van der Waals surface area contributed by atoms with Crippen molar-refractivity contribution in [1.29, 1.82) is 0 Å². The zero-order valence-corrected chi connectivity index (χ0v) is 11.5.